The molecule has 0 fully saturated rings. The van der Waals surface area contributed by atoms with Gasteiger partial charge in [0.05, 0.1) is 26.6 Å². The molecule has 2 aromatic heterocycles. The highest BCUT2D eigenvalue weighted by Crippen LogP contribution is 2.33. The van der Waals surface area contributed by atoms with Crippen molar-refractivity contribution in [3.05, 3.63) is 132 Å². The fourth-order valence-electron chi connectivity index (χ4n) is 9.05. The molecule has 8 amide bonds. The number of rotatable bonds is 10. The molecule has 26 nitrogen and oxygen atoms in total. The molecular formula is C58H70N14O12. The largest absolute Gasteiger partial charge is 0.496 e. The first-order valence-electron chi connectivity index (χ1n) is 27.3. The third-order valence-corrected chi connectivity index (χ3v) is 13.7. The topological polar surface area (TPSA) is 331 Å². The van der Waals surface area contributed by atoms with Gasteiger partial charge >= 0.3 is 12.2 Å². The Balaban J connectivity index is 1.17. The Hall–Kier alpha value is -9.88. The monoisotopic (exact) mass is 1150 g/mol. The van der Waals surface area contributed by atoms with Gasteiger partial charge in [-0.3, -0.25) is 38.1 Å². The van der Waals surface area contributed by atoms with Crippen LogP contribution in [0.1, 0.15) is 86.7 Å². The Bertz CT molecular complexity index is 3030. The second-order valence-electron chi connectivity index (χ2n) is 19.7. The van der Waals surface area contributed by atoms with Crippen LogP contribution in [0.25, 0.3) is 22.5 Å². The molecule has 0 radical (unpaired) electrons. The number of aromatic nitrogens is 6. The molecule has 8 bridgehead atoms. The Kier molecular flexibility index (Phi) is 22.2. The molecule has 6 atom stereocenters. The van der Waals surface area contributed by atoms with Gasteiger partial charge in [0.15, 0.2) is 0 Å². The van der Waals surface area contributed by atoms with Crippen LogP contribution in [-0.2, 0) is 64.5 Å². The molecular weight excluding hydrogens is 1080 g/mol. The average molecular weight is 1160 g/mol. The van der Waals surface area contributed by atoms with E-state index in [0.29, 0.717) is 83.9 Å². The molecule has 0 unspecified atom stereocenters. The number of likely N-dealkylation sites (N-methyl/N-ethyl adjacent to an activating group) is 2. The number of alkyl carbamates (subject to hydrolysis) is 2. The number of hydrogen-bond acceptors (Lipinski definition) is 16. The second kappa shape index (κ2) is 30.3. The normalized spacial score (nSPS) is 19.5. The van der Waals surface area contributed by atoms with Crippen LogP contribution in [0.5, 0.6) is 11.5 Å². The molecule has 0 saturated heterocycles. The van der Waals surface area contributed by atoms with E-state index in [4.69, 9.17) is 18.9 Å². The van der Waals surface area contributed by atoms with Crippen molar-refractivity contribution in [2.45, 2.75) is 115 Å². The van der Waals surface area contributed by atoms with E-state index in [9.17, 15) is 38.4 Å². The first kappa shape index (κ1) is 61.7. The van der Waals surface area contributed by atoms with Gasteiger partial charge in [0, 0.05) is 38.3 Å². The van der Waals surface area contributed by atoms with E-state index >= 15 is 0 Å². The highest BCUT2D eigenvalue weighted by atomic mass is 16.6. The number of ether oxygens (including phenoxy) is 4. The summed E-state index contributed by atoms with van der Waals surface area (Å²) in [6.45, 7) is 3.37. The van der Waals surface area contributed by atoms with Crippen LogP contribution < -0.4 is 52.0 Å². The summed E-state index contributed by atoms with van der Waals surface area (Å²) in [5.74, 6) is -3.19. The zero-order valence-electron chi connectivity index (χ0n) is 47.5. The van der Waals surface area contributed by atoms with Crippen molar-refractivity contribution in [1.82, 2.24) is 72.5 Å². The number of fused-ring (bicyclic) bond motifs is 10. The van der Waals surface area contributed by atoms with Gasteiger partial charge in [-0.2, -0.15) is 0 Å². The number of hydrogen-bond donors (Lipinski definition) is 8. The van der Waals surface area contributed by atoms with Crippen molar-refractivity contribution in [3.63, 3.8) is 0 Å². The summed E-state index contributed by atoms with van der Waals surface area (Å²) in [5, 5.41) is 38.7. The number of nitrogens with zero attached hydrogens (tertiary/aromatic N) is 6. The summed E-state index contributed by atoms with van der Waals surface area (Å²) < 4.78 is 25.4. The maximum absolute atomic E-state index is 14.0. The van der Waals surface area contributed by atoms with Crippen molar-refractivity contribution in [1.29, 1.82) is 0 Å². The molecule has 1 aliphatic rings. The predicted octanol–water partition coefficient (Wildman–Crippen LogP) is 3.68. The second-order valence-corrected chi connectivity index (χ2v) is 19.7. The van der Waals surface area contributed by atoms with E-state index < -0.39 is 83.9 Å². The average Bonchev–Trinajstić information content (AvgIpc) is 4.34. The van der Waals surface area contributed by atoms with Crippen LogP contribution in [0.2, 0.25) is 0 Å². The lowest BCUT2D eigenvalue weighted by molar-refractivity contribution is -0.132. The number of methoxy groups -OCH3 is 2. The summed E-state index contributed by atoms with van der Waals surface area (Å²) in [6, 6.07) is 20.4. The summed E-state index contributed by atoms with van der Waals surface area (Å²) in [4.78, 5) is 109. The van der Waals surface area contributed by atoms with E-state index in [1.807, 2.05) is 12.1 Å². The van der Waals surface area contributed by atoms with Crippen LogP contribution in [-0.4, -0.2) is 130 Å². The first-order valence-corrected chi connectivity index (χ1v) is 27.3. The number of benzene rings is 4. The Morgan fingerprint density at radius 1 is 0.536 bits per heavy atom. The third kappa shape index (κ3) is 17.1. The Morgan fingerprint density at radius 2 is 0.929 bits per heavy atom. The van der Waals surface area contributed by atoms with E-state index in [2.05, 4.69) is 63.2 Å². The lowest BCUT2D eigenvalue weighted by Gasteiger charge is -2.24. The molecule has 3 heterocycles. The lowest BCUT2D eigenvalue weighted by atomic mass is 10.0. The van der Waals surface area contributed by atoms with E-state index in [1.165, 1.54) is 42.2 Å². The fourth-order valence-corrected chi connectivity index (χ4v) is 9.05. The maximum atomic E-state index is 14.0. The van der Waals surface area contributed by atoms with Gasteiger partial charge in [-0.1, -0.05) is 83.2 Å². The molecule has 444 valence electrons. The van der Waals surface area contributed by atoms with Crippen LogP contribution >= 0.6 is 0 Å². The Labute approximate surface area is 484 Å². The van der Waals surface area contributed by atoms with E-state index in [-0.39, 0.29) is 26.1 Å². The minimum atomic E-state index is -1.26. The molecule has 4 aromatic carbocycles. The molecule has 0 spiro atoms. The van der Waals surface area contributed by atoms with Crippen molar-refractivity contribution < 1.29 is 57.3 Å². The number of nitrogens with one attached hydrogen (secondary N) is 8. The van der Waals surface area contributed by atoms with Gasteiger partial charge in [-0.25, -0.2) is 9.59 Å². The third-order valence-electron chi connectivity index (χ3n) is 13.7. The smallest absolute Gasteiger partial charge is 0.408 e. The predicted molar refractivity (Wildman–Crippen MR) is 304 cm³/mol. The molecule has 0 aliphatic carbocycles. The minimum absolute atomic E-state index is 0.0643. The zero-order chi connectivity index (χ0) is 60.1. The number of carbonyl (C=O) groups is 8. The summed E-state index contributed by atoms with van der Waals surface area (Å²) in [5.41, 5.74) is 3.72. The van der Waals surface area contributed by atoms with Gasteiger partial charge in [0.25, 0.3) is 0 Å². The molecule has 8 N–H and O–H groups in total. The molecule has 84 heavy (non-hydrogen) atoms. The van der Waals surface area contributed by atoms with Crippen molar-refractivity contribution in [3.8, 4) is 34.0 Å². The summed E-state index contributed by atoms with van der Waals surface area (Å²) in [6.07, 6.45) is 3.40. The number of carbonyl (C=O) groups excluding carboxylic acids is 8. The molecule has 1 aliphatic heterocycles. The first-order chi connectivity index (χ1) is 40.6. The van der Waals surface area contributed by atoms with E-state index in [0.717, 1.165) is 11.1 Å². The molecule has 7 rings (SSSR count). The van der Waals surface area contributed by atoms with Crippen LogP contribution in [0, 0.1) is 0 Å². The maximum Gasteiger partial charge on any atom is 0.408 e. The van der Waals surface area contributed by atoms with Crippen LogP contribution in [0.4, 0.5) is 9.59 Å². The molecule has 6 aromatic rings. The van der Waals surface area contributed by atoms with Crippen LogP contribution in [0.3, 0.4) is 0 Å². The number of amides is 8. The summed E-state index contributed by atoms with van der Waals surface area (Å²) in [7, 11) is 5.76. The zero-order valence-corrected chi connectivity index (χ0v) is 47.5. The van der Waals surface area contributed by atoms with E-state index in [1.54, 1.807) is 107 Å². The standard InChI is InChI=1S/C58H70N14O12/c1-35-51(73)65-49(55(77)59-3)39-23-25-47(81-5)41(29-39)45-31-72(69-67-45)28-16-14-22-44(64-58(80)84-34-38-19-11-8-12-20-38)54(76)62-36(2)52(74)66-50(56(78)60-4)40-24-26-48(82-6)42(30-40)46-32-71(70-68-46)27-15-13-21-43(53(75)61-35)63-57(79)83-33-37-17-9-7-10-18-37/h7-12,17-20,23-26,29-32,35-36,43-44,49-50H,13-16,21-22,27-28,33-34H2,1-6H3,(H,59,77)(H,60,78)(H,61,75)(H,62,76)(H,63,79)(H,64,80)(H,65,73)(H,66,74)/t35-,36-,43+,44+,49+,50+/m1/s1. The van der Waals surface area contributed by atoms with Gasteiger partial charge < -0.3 is 61.5 Å². The molecule has 26 heteroatoms. The molecule has 0 saturated carbocycles. The Morgan fingerprint density at radius 3 is 1.30 bits per heavy atom. The van der Waals surface area contributed by atoms with Crippen LogP contribution in [0.15, 0.2) is 109 Å². The lowest BCUT2D eigenvalue weighted by Crippen LogP contribution is -2.54. The van der Waals surface area contributed by atoms with Crippen molar-refractivity contribution in [2.75, 3.05) is 28.3 Å². The quantitative estimate of drug-likeness (QED) is 0.0970. The van der Waals surface area contributed by atoms with Gasteiger partial charge in [0.1, 0.15) is 72.4 Å². The minimum Gasteiger partial charge on any atom is -0.496 e. The summed E-state index contributed by atoms with van der Waals surface area (Å²) >= 11 is 0. The highest BCUT2D eigenvalue weighted by Gasteiger charge is 2.32. The van der Waals surface area contributed by atoms with Crippen molar-refractivity contribution >= 4 is 47.6 Å². The van der Waals surface area contributed by atoms with Crippen molar-refractivity contribution in [2.24, 2.45) is 0 Å². The fraction of sp³-hybridized carbons (Fsp3) is 0.379. The van der Waals surface area contributed by atoms with Gasteiger partial charge in [-0.15, -0.1) is 10.2 Å². The highest BCUT2D eigenvalue weighted by molar-refractivity contribution is 5.95. The van der Waals surface area contributed by atoms with Gasteiger partial charge in [0.2, 0.25) is 35.4 Å². The number of aryl methyl sites for hydroxylation is 2. The van der Waals surface area contributed by atoms with Gasteiger partial charge in [-0.05, 0) is 98.9 Å². The SMILES string of the molecule is CNC(=O)[C@H]1NC(=O)[C@@H](C)NC(=O)[C@@H](NC(=O)OCc2ccccc2)CCCCn2cc(nn2)-c2cc(ccc2OC)[C@@H](C(=O)NC)NC(=O)[C@@H](C)NC(=O)[C@@H](NC(=O)OCc2ccccc2)CCCCn2cc(nn2)-c2cc1ccc2OC.